The third-order valence-corrected chi connectivity index (χ3v) is 5.54. The summed E-state index contributed by atoms with van der Waals surface area (Å²) in [5.74, 6) is -0.332. The summed E-state index contributed by atoms with van der Waals surface area (Å²) in [4.78, 5) is 38.3. The van der Waals surface area contributed by atoms with Crippen LogP contribution in [0.1, 0.15) is 61.8 Å². The lowest BCUT2D eigenvalue weighted by Gasteiger charge is -2.20. The zero-order chi connectivity index (χ0) is 18.9. The topological polar surface area (TPSA) is 78.5 Å². The molecule has 1 saturated carbocycles. The lowest BCUT2D eigenvalue weighted by Crippen LogP contribution is -2.44. The minimum Gasteiger partial charge on any atom is -0.350 e. The van der Waals surface area contributed by atoms with Crippen molar-refractivity contribution in [1.29, 1.82) is 0 Å². The molecule has 1 atom stereocenters. The zero-order valence-corrected chi connectivity index (χ0v) is 15.7. The largest absolute Gasteiger partial charge is 0.350 e. The Bertz CT molecular complexity index is 738. The van der Waals surface area contributed by atoms with Crippen molar-refractivity contribution in [3.05, 3.63) is 34.9 Å². The molecule has 6 heteroatoms. The molecule has 1 heterocycles. The van der Waals surface area contributed by atoms with E-state index in [4.69, 9.17) is 0 Å². The second kappa shape index (κ2) is 7.09. The normalized spacial score (nSPS) is 19.7. The zero-order valence-electron chi connectivity index (χ0n) is 15.7. The minimum atomic E-state index is -0.709. The predicted molar refractivity (Wildman–Crippen MR) is 98.5 cm³/mol. The summed E-state index contributed by atoms with van der Waals surface area (Å²) in [6.45, 7) is 6.11. The van der Waals surface area contributed by atoms with Gasteiger partial charge in [-0.05, 0) is 44.7 Å². The maximum absolute atomic E-state index is 12.6. The van der Waals surface area contributed by atoms with Gasteiger partial charge >= 0.3 is 6.03 Å². The Hall–Kier alpha value is -2.37. The number of nitrogens with one attached hydrogen (secondary N) is 2. The van der Waals surface area contributed by atoms with Crippen molar-refractivity contribution in [2.24, 2.45) is 0 Å². The van der Waals surface area contributed by atoms with Crippen LogP contribution < -0.4 is 10.6 Å². The smallest absolute Gasteiger partial charge is 0.325 e. The van der Waals surface area contributed by atoms with Crippen molar-refractivity contribution in [2.75, 3.05) is 6.54 Å². The molecule has 6 nitrogen and oxygen atoms in total. The molecule has 4 amide bonds. The Kier molecular flexibility index (Phi) is 5.03. The van der Waals surface area contributed by atoms with Gasteiger partial charge < -0.3 is 10.6 Å². The number of carbonyl (C=O) groups excluding carboxylic acids is 3. The van der Waals surface area contributed by atoms with Gasteiger partial charge in [-0.25, -0.2) is 4.79 Å². The van der Waals surface area contributed by atoms with E-state index in [1.807, 2.05) is 32.9 Å². The van der Waals surface area contributed by atoms with Gasteiger partial charge in [0.1, 0.15) is 5.54 Å². The molecule has 1 aliphatic heterocycles. The third-order valence-electron chi connectivity index (χ3n) is 5.54. The molecule has 1 aliphatic carbocycles. The highest BCUT2D eigenvalue weighted by molar-refractivity contribution is 6.07. The summed E-state index contributed by atoms with van der Waals surface area (Å²) in [5.41, 5.74) is 2.64. The fourth-order valence-corrected chi connectivity index (χ4v) is 4.03. The monoisotopic (exact) mass is 357 g/mol. The molecule has 1 aromatic rings. The molecular formula is C20H27N3O3. The second-order valence-electron chi connectivity index (χ2n) is 7.58. The Morgan fingerprint density at radius 1 is 1.27 bits per heavy atom. The quantitative estimate of drug-likeness (QED) is 0.796. The summed E-state index contributed by atoms with van der Waals surface area (Å²) in [7, 11) is 0. The Labute approximate surface area is 154 Å². The third kappa shape index (κ3) is 3.45. The van der Waals surface area contributed by atoms with Crippen molar-refractivity contribution in [2.45, 2.75) is 64.5 Å². The summed E-state index contributed by atoms with van der Waals surface area (Å²) < 4.78 is 0. The van der Waals surface area contributed by atoms with E-state index in [2.05, 4.69) is 16.7 Å². The van der Waals surface area contributed by atoms with Gasteiger partial charge in [0.2, 0.25) is 5.91 Å². The lowest BCUT2D eigenvalue weighted by atomic mass is 9.98. The first-order valence-corrected chi connectivity index (χ1v) is 9.33. The number of amides is 4. The van der Waals surface area contributed by atoms with Gasteiger partial charge in [0, 0.05) is 13.0 Å². The van der Waals surface area contributed by atoms with E-state index in [0.29, 0.717) is 12.8 Å². The lowest BCUT2D eigenvalue weighted by molar-refractivity contribution is -0.131. The number of urea groups is 1. The average Bonchev–Trinajstić information content (AvgIpc) is 3.14. The molecule has 0 aromatic heterocycles. The van der Waals surface area contributed by atoms with E-state index in [9.17, 15) is 14.4 Å². The number of hydrogen-bond acceptors (Lipinski definition) is 3. The van der Waals surface area contributed by atoms with Crippen LogP contribution in [-0.4, -0.2) is 34.8 Å². The van der Waals surface area contributed by atoms with Crippen molar-refractivity contribution in [3.63, 3.8) is 0 Å². The first kappa shape index (κ1) is 18.4. The summed E-state index contributed by atoms with van der Waals surface area (Å²) in [6, 6.07) is 5.67. The van der Waals surface area contributed by atoms with E-state index in [1.54, 1.807) is 0 Å². The molecule has 0 bridgehead atoms. The number of benzene rings is 1. The summed E-state index contributed by atoms with van der Waals surface area (Å²) in [6.07, 6.45) is 3.42. The molecule has 1 spiro atoms. The highest BCUT2D eigenvalue weighted by Gasteiger charge is 2.52. The van der Waals surface area contributed by atoms with E-state index in [1.165, 1.54) is 4.90 Å². The van der Waals surface area contributed by atoms with Crippen molar-refractivity contribution in [3.8, 4) is 0 Å². The van der Waals surface area contributed by atoms with Crippen LogP contribution in [0.3, 0.4) is 0 Å². The first-order valence-electron chi connectivity index (χ1n) is 9.33. The van der Waals surface area contributed by atoms with Crippen LogP contribution in [-0.2, 0) is 9.59 Å². The summed E-state index contributed by atoms with van der Waals surface area (Å²) >= 11 is 0. The van der Waals surface area contributed by atoms with Gasteiger partial charge in [0.05, 0.1) is 6.04 Å². The SMILES string of the molecule is Cc1ccc(C)c(C(C)NC(=O)CCN2C(=O)NC3(CCCC3)C2=O)c1. The molecule has 0 radical (unpaired) electrons. The number of carbonyl (C=O) groups is 3. The molecule has 2 N–H and O–H groups in total. The highest BCUT2D eigenvalue weighted by atomic mass is 16.2. The molecule has 3 rings (SSSR count). The Morgan fingerprint density at radius 3 is 2.65 bits per heavy atom. The summed E-state index contributed by atoms with van der Waals surface area (Å²) in [5, 5.41) is 5.81. The number of imide groups is 1. The molecule has 140 valence electrons. The van der Waals surface area contributed by atoms with Gasteiger partial charge in [-0.1, -0.05) is 36.6 Å². The Morgan fingerprint density at radius 2 is 1.96 bits per heavy atom. The maximum atomic E-state index is 12.6. The molecule has 1 aromatic carbocycles. The van der Waals surface area contributed by atoms with Gasteiger partial charge in [-0.3, -0.25) is 14.5 Å². The highest BCUT2D eigenvalue weighted by Crippen LogP contribution is 2.35. The van der Waals surface area contributed by atoms with Crippen LogP contribution in [0.2, 0.25) is 0 Å². The van der Waals surface area contributed by atoms with E-state index in [-0.39, 0.29) is 36.9 Å². The molecule has 2 aliphatic rings. The number of rotatable bonds is 5. The van der Waals surface area contributed by atoms with Crippen LogP contribution in [0.4, 0.5) is 4.79 Å². The van der Waals surface area contributed by atoms with Crippen LogP contribution in [0.5, 0.6) is 0 Å². The standard InChI is InChI=1S/C20H27N3O3/c1-13-6-7-14(2)16(12-13)15(3)21-17(24)8-11-23-18(25)20(22-19(23)26)9-4-5-10-20/h6-7,12,15H,4-5,8-11H2,1-3H3,(H,21,24)(H,22,26). The molecule has 2 fully saturated rings. The average molecular weight is 357 g/mol. The second-order valence-corrected chi connectivity index (χ2v) is 7.58. The van der Waals surface area contributed by atoms with Gasteiger partial charge in [0.25, 0.3) is 5.91 Å². The fourth-order valence-electron chi connectivity index (χ4n) is 4.03. The Balaban J connectivity index is 1.56. The van der Waals surface area contributed by atoms with Crippen LogP contribution in [0.25, 0.3) is 0 Å². The van der Waals surface area contributed by atoms with Crippen LogP contribution in [0.15, 0.2) is 18.2 Å². The van der Waals surface area contributed by atoms with E-state index < -0.39 is 5.54 Å². The van der Waals surface area contributed by atoms with Crippen LogP contribution >= 0.6 is 0 Å². The number of nitrogens with zero attached hydrogens (tertiary/aromatic N) is 1. The number of hydrogen-bond donors (Lipinski definition) is 2. The van der Waals surface area contributed by atoms with E-state index >= 15 is 0 Å². The van der Waals surface area contributed by atoms with Crippen molar-refractivity contribution in [1.82, 2.24) is 15.5 Å². The first-order chi connectivity index (χ1) is 12.3. The van der Waals surface area contributed by atoms with Gasteiger partial charge in [0.15, 0.2) is 0 Å². The minimum absolute atomic E-state index is 0.116. The molecule has 26 heavy (non-hydrogen) atoms. The molecular weight excluding hydrogens is 330 g/mol. The van der Waals surface area contributed by atoms with Crippen molar-refractivity contribution >= 4 is 17.8 Å². The van der Waals surface area contributed by atoms with Crippen molar-refractivity contribution < 1.29 is 14.4 Å². The van der Waals surface area contributed by atoms with Gasteiger partial charge in [-0.2, -0.15) is 0 Å². The molecule has 1 saturated heterocycles. The van der Waals surface area contributed by atoms with Crippen LogP contribution in [0, 0.1) is 13.8 Å². The van der Waals surface area contributed by atoms with Gasteiger partial charge in [-0.15, -0.1) is 0 Å². The maximum Gasteiger partial charge on any atom is 0.325 e. The molecule has 1 unspecified atom stereocenters. The fraction of sp³-hybridized carbons (Fsp3) is 0.550. The predicted octanol–water partition coefficient (Wildman–Crippen LogP) is 2.74. The number of aryl methyl sites for hydroxylation is 2. The van der Waals surface area contributed by atoms with E-state index in [0.717, 1.165) is 29.5 Å².